The van der Waals surface area contributed by atoms with E-state index in [0.29, 0.717) is 0 Å². The number of aliphatic hydroxyl groups excluding tert-OH is 1. The van der Waals surface area contributed by atoms with Gasteiger partial charge in [0.1, 0.15) is 0 Å². The summed E-state index contributed by atoms with van der Waals surface area (Å²) >= 11 is 0. The Morgan fingerprint density at radius 3 is 2.00 bits per heavy atom. The van der Waals surface area contributed by atoms with Crippen LogP contribution in [0, 0.1) is 0 Å². The Hall–Kier alpha value is -0.860. The smallest absolute Gasteiger partial charge is 0.0319 e. The van der Waals surface area contributed by atoms with Crippen molar-refractivity contribution in [2.45, 2.75) is 33.2 Å². The summed E-state index contributed by atoms with van der Waals surface area (Å²) in [5, 5.41) is 7.00. The molecule has 2 rings (SSSR count). The van der Waals surface area contributed by atoms with Gasteiger partial charge in [0.15, 0.2) is 0 Å². The van der Waals surface area contributed by atoms with Crippen molar-refractivity contribution in [3.8, 4) is 0 Å². The standard InChI is InChI=1S/C11H15N.C2H6.CH4O/c1-2-6-11(7-3-1)10-12-8-4-5-9-12;2*1-2/h1-3,6-7H,4-5,8-10H2;1-2H3;2H,1H3. The number of rotatable bonds is 2. The van der Waals surface area contributed by atoms with Gasteiger partial charge in [-0.3, -0.25) is 4.90 Å². The summed E-state index contributed by atoms with van der Waals surface area (Å²) < 4.78 is 0. The predicted octanol–water partition coefficient (Wildman–Crippen LogP) is 2.92. The average Bonchev–Trinajstić information content (AvgIpc) is 2.88. The molecule has 0 radical (unpaired) electrons. The van der Waals surface area contributed by atoms with Crippen molar-refractivity contribution in [1.29, 1.82) is 0 Å². The molecule has 1 heterocycles. The lowest BCUT2D eigenvalue weighted by atomic mass is 10.2. The molecule has 0 aromatic heterocycles. The third-order valence-corrected chi connectivity index (χ3v) is 2.45. The third kappa shape index (κ3) is 5.89. The van der Waals surface area contributed by atoms with Crippen molar-refractivity contribution in [2.24, 2.45) is 0 Å². The van der Waals surface area contributed by atoms with Crippen LogP contribution < -0.4 is 0 Å². The molecule has 0 bridgehead atoms. The second-order valence-electron chi connectivity index (χ2n) is 3.47. The van der Waals surface area contributed by atoms with Gasteiger partial charge in [-0.25, -0.2) is 0 Å². The fraction of sp³-hybridized carbons (Fsp3) is 0.571. The average molecular weight is 223 g/mol. The zero-order chi connectivity index (χ0) is 12.2. The van der Waals surface area contributed by atoms with Crippen molar-refractivity contribution < 1.29 is 5.11 Å². The third-order valence-electron chi connectivity index (χ3n) is 2.45. The van der Waals surface area contributed by atoms with Gasteiger partial charge in [0.05, 0.1) is 0 Å². The molecular formula is C14H25NO. The number of nitrogens with zero attached hydrogens (tertiary/aromatic N) is 1. The maximum absolute atomic E-state index is 7.00. The summed E-state index contributed by atoms with van der Waals surface area (Å²) in [5.74, 6) is 0. The van der Waals surface area contributed by atoms with Crippen LogP contribution in [0.1, 0.15) is 32.3 Å². The first kappa shape index (κ1) is 15.1. The summed E-state index contributed by atoms with van der Waals surface area (Å²) in [5.41, 5.74) is 1.44. The molecule has 0 amide bonds. The van der Waals surface area contributed by atoms with E-state index in [9.17, 15) is 0 Å². The molecule has 92 valence electrons. The Morgan fingerprint density at radius 2 is 1.50 bits per heavy atom. The van der Waals surface area contributed by atoms with Crippen LogP contribution in [0.3, 0.4) is 0 Å². The van der Waals surface area contributed by atoms with Crippen LogP contribution in [-0.4, -0.2) is 30.2 Å². The number of hydrogen-bond donors (Lipinski definition) is 1. The molecule has 2 heteroatoms. The van der Waals surface area contributed by atoms with Crippen molar-refractivity contribution >= 4 is 0 Å². The fourth-order valence-corrected chi connectivity index (χ4v) is 1.78. The maximum Gasteiger partial charge on any atom is 0.0319 e. The zero-order valence-corrected chi connectivity index (χ0v) is 10.8. The van der Waals surface area contributed by atoms with Gasteiger partial charge in [-0.05, 0) is 31.5 Å². The molecule has 16 heavy (non-hydrogen) atoms. The molecule has 1 saturated heterocycles. The molecule has 1 fully saturated rings. The van der Waals surface area contributed by atoms with Crippen LogP contribution in [0.4, 0.5) is 0 Å². The first-order valence-electron chi connectivity index (χ1n) is 6.16. The first-order chi connectivity index (χ1) is 7.95. The molecule has 2 nitrogen and oxygen atoms in total. The predicted molar refractivity (Wildman–Crippen MR) is 70.4 cm³/mol. The van der Waals surface area contributed by atoms with Crippen molar-refractivity contribution in [2.75, 3.05) is 20.2 Å². The summed E-state index contributed by atoms with van der Waals surface area (Å²) in [7, 11) is 1.00. The van der Waals surface area contributed by atoms with Gasteiger partial charge in [0.25, 0.3) is 0 Å². The molecule has 0 atom stereocenters. The highest BCUT2D eigenvalue weighted by atomic mass is 16.2. The summed E-state index contributed by atoms with van der Waals surface area (Å²) in [6.45, 7) is 7.71. The van der Waals surface area contributed by atoms with Crippen LogP contribution in [-0.2, 0) is 6.54 Å². The Bertz CT molecular complexity index is 230. The Labute approximate surface area is 99.9 Å². The highest BCUT2D eigenvalue weighted by Crippen LogP contribution is 2.11. The molecule has 0 spiro atoms. The molecule has 1 N–H and O–H groups in total. The first-order valence-corrected chi connectivity index (χ1v) is 6.16. The molecule has 1 aromatic carbocycles. The van der Waals surface area contributed by atoms with Gasteiger partial charge in [-0.15, -0.1) is 0 Å². The topological polar surface area (TPSA) is 23.5 Å². The van der Waals surface area contributed by atoms with E-state index in [0.717, 1.165) is 13.7 Å². The largest absolute Gasteiger partial charge is 0.400 e. The molecule has 0 unspecified atom stereocenters. The van der Waals surface area contributed by atoms with E-state index in [1.54, 1.807) is 0 Å². The quantitative estimate of drug-likeness (QED) is 0.833. The SMILES string of the molecule is CC.CO.c1ccc(CN2CCCC2)cc1. The van der Waals surface area contributed by atoms with Gasteiger partial charge in [-0.2, -0.15) is 0 Å². The molecule has 1 aliphatic rings. The Morgan fingerprint density at radius 1 is 1.00 bits per heavy atom. The van der Waals surface area contributed by atoms with E-state index in [2.05, 4.69) is 35.2 Å². The normalized spacial score (nSPS) is 14.5. The van der Waals surface area contributed by atoms with Gasteiger partial charge >= 0.3 is 0 Å². The maximum atomic E-state index is 7.00. The van der Waals surface area contributed by atoms with Gasteiger partial charge in [0.2, 0.25) is 0 Å². The zero-order valence-electron chi connectivity index (χ0n) is 10.8. The monoisotopic (exact) mass is 223 g/mol. The molecule has 0 saturated carbocycles. The minimum atomic E-state index is 1.00. The van der Waals surface area contributed by atoms with E-state index in [4.69, 9.17) is 5.11 Å². The second-order valence-corrected chi connectivity index (χ2v) is 3.47. The minimum absolute atomic E-state index is 1.00. The Balaban J connectivity index is 0.000000509. The van der Waals surface area contributed by atoms with E-state index in [1.165, 1.54) is 31.5 Å². The number of hydrogen-bond acceptors (Lipinski definition) is 2. The summed E-state index contributed by atoms with van der Waals surface area (Å²) in [6, 6.07) is 10.7. The summed E-state index contributed by atoms with van der Waals surface area (Å²) in [6.07, 6.45) is 2.76. The fourth-order valence-electron chi connectivity index (χ4n) is 1.78. The van der Waals surface area contributed by atoms with Crippen LogP contribution in [0.2, 0.25) is 0 Å². The molecule has 1 aromatic rings. The van der Waals surface area contributed by atoms with E-state index in [-0.39, 0.29) is 0 Å². The molecule has 1 aliphatic heterocycles. The van der Waals surface area contributed by atoms with Gasteiger partial charge < -0.3 is 5.11 Å². The molecular weight excluding hydrogens is 198 g/mol. The minimum Gasteiger partial charge on any atom is -0.400 e. The van der Waals surface area contributed by atoms with E-state index >= 15 is 0 Å². The van der Waals surface area contributed by atoms with Crippen LogP contribution in [0.15, 0.2) is 30.3 Å². The van der Waals surface area contributed by atoms with E-state index < -0.39 is 0 Å². The van der Waals surface area contributed by atoms with Crippen LogP contribution in [0.5, 0.6) is 0 Å². The number of likely N-dealkylation sites (tertiary alicyclic amines) is 1. The second kappa shape index (κ2) is 10.7. The van der Waals surface area contributed by atoms with Crippen molar-refractivity contribution in [3.63, 3.8) is 0 Å². The highest BCUT2D eigenvalue weighted by molar-refractivity contribution is 5.14. The van der Waals surface area contributed by atoms with E-state index in [1.807, 2.05) is 13.8 Å². The van der Waals surface area contributed by atoms with Crippen LogP contribution in [0.25, 0.3) is 0 Å². The van der Waals surface area contributed by atoms with Crippen molar-refractivity contribution in [3.05, 3.63) is 35.9 Å². The lowest BCUT2D eigenvalue weighted by Crippen LogP contribution is -2.18. The highest BCUT2D eigenvalue weighted by Gasteiger charge is 2.10. The van der Waals surface area contributed by atoms with Crippen molar-refractivity contribution in [1.82, 2.24) is 4.90 Å². The summed E-state index contributed by atoms with van der Waals surface area (Å²) in [4.78, 5) is 2.52. The number of aliphatic hydroxyl groups is 1. The van der Waals surface area contributed by atoms with Crippen LogP contribution >= 0.6 is 0 Å². The number of benzene rings is 1. The van der Waals surface area contributed by atoms with Gasteiger partial charge in [-0.1, -0.05) is 44.2 Å². The Kier molecular flexibility index (Phi) is 10.1. The lowest BCUT2D eigenvalue weighted by Gasteiger charge is -2.13. The lowest BCUT2D eigenvalue weighted by molar-refractivity contribution is 0.331. The van der Waals surface area contributed by atoms with Gasteiger partial charge in [0, 0.05) is 13.7 Å². The molecule has 0 aliphatic carbocycles.